The van der Waals surface area contributed by atoms with Crippen LogP contribution in [0.4, 0.5) is 0 Å². The van der Waals surface area contributed by atoms with Crippen LogP contribution in [-0.4, -0.2) is 29.9 Å². The molecule has 2 rings (SSSR count). The van der Waals surface area contributed by atoms with Crippen LogP contribution < -0.4 is 15.2 Å². The summed E-state index contributed by atoms with van der Waals surface area (Å²) in [5.41, 5.74) is 6.37. The maximum Gasteiger partial charge on any atom is 0.161 e. The van der Waals surface area contributed by atoms with E-state index in [0.29, 0.717) is 29.7 Å². The Labute approximate surface area is 131 Å². The number of thiocarbonyl (C=S) groups is 1. The fraction of sp³-hybridized carbons (Fsp3) is 0.562. The molecule has 4 nitrogen and oxygen atoms in total. The normalized spacial score (nSPS) is 20.2. The number of nitrogens with two attached hydrogens (primary N) is 1. The Morgan fingerprint density at radius 1 is 1.38 bits per heavy atom. The van der Waals surface area contributed by atoms with Gasteiger partial charge >= 0.3 is 0 Å². The fourth-order valence-electron chi connectivity index (χ4n) is 2.43. The van der Waals surface area contributed by atoms with E-state index in [1.165, 1.54) is 0 Å². The van der Waals surface area contributed by atoms with E-state index in [0.717, 1.165) is 18.4 Å². The van der Waals surface area contributed by atoms with Crippen molar-refractivity contribution >= 4 is 17.2 Å². The standard InChI is InChI=1S/C16H23NO3S/c1-4-18-14-9-11(15(17)21)5-6-13(14)19-10-12-7-8-16(2,3)20-12/h5-6,9,12H,4,7-8,10H2,1-3H3,(H2,17,21). The largest absolute Gasteiger partial charge is 0.490 e. The third-order valence-electron chi connectivity index (χ3n) is 3.51. The monoisotopic (exact) mass is 309 g/mol. The molecule has 1 saturated heterocycles. The molecule has 116 valence electrons. The number of benzene rings is 1. The summed E-state index contributed by atoms with van der Waals surface area (Å²) in [6, 6.07) is 5.51. The van der Waals surface area contributed by atoms with Crippen LogP contribution in [0, 0.1) is 0 Å². The minimum Gasteiger partial charge on any atom is -0.490 e. The average Bonchev–Trinajstić information content (AvgIpc) is 2.77. The highest BCUT2D eigenvalue weighted by Gasteiger charge is 2.32. The predicted octanol–water partition coefficient (Wildman–Crippen LogP) is 3.06. The summed E-state index contributed by atoms with van der Waals surface area (Å²) in [5, 5.41) is 0. The first-order chi connectivity index (χ1) is 9.91. The predicted molar refractivity (Wildman–Crippen MR) is 87.2 cm³/mol. The van der Waals surface area contributed by atoms with Crippen molar-refractivity contribution in [2.75, 3.05) is 13.2 Å². The quantitative estimate of drug-likeness (QED) is 0.819. The molecule has 1 unspecified atom stereocenters. The summed E-state index contributed by atoms with van der Waals surface area (Å²) in [4.78, 5) is 0.350. The van der Waals surface area contributed by atoms with Crippen LogP contribution in [0.2, 0.25) is 0 Å². The third kappa shape index (κ3) is 4.32. The Balaban J connectivity index is 2.03. The van der Waals surface area contributed by atoms with E-state index >= 15 is 0 Å². The van der Waals surface area contributed by atoms with Gasteiger partial charge in [0.1, 0.15) is 11.6 Å². The molecule has 1 aliphatic heterocycles. The molecule has 1 aromatic carbocycles. The summed E-state index contributed by atoms with van der Waals surface area (Å²) < 4.78 is 17.4. The van der Waals surface area contributed by atoms with Gasteiger partial charge in [0.25, 0.3) is 0 Å². The lowest BCUT2D eigenvalue weighted by atomic mass is 10.1. The molecular formula is C16H23NO3S. The van der Waals surface area contributed by atoms with Gasteiger partial charge in [0.05, 0.1) is 18.3 Å². The van der Waals surface area contributed by atoms with Gasteiger partial charge < -0.3 is 19.9 Å². The van der Waals surface area contributed by atoms with Gasteiger partial charge in [-0.1, -0.05) is 12.2 Å². The zero-order valence-corrected chi connectivity index (χ0v) is 13.7. The highest BCUT2D eigenvalue weighted by Crippen LogP contribution is 2.32. The van der Waals surface area contributed by atoms with Crippen molar-refractivity contribution in [3.8, 4) is 11.5 Å². The molecule has 5 heteroatoms. The van der Waals surface area contributed by atoms with E-state index in [2.05, 4.69) is 13.8 Å². The smallest absolute Gasteiger partial charge is 0.161 e. The second kappa shape index (κ2) is 6.62. The molecule has 2 N–H and O–H groups in total. The maximum absolute atomic E-state index is 5.93. The van der Waals surface area contributed by atoms with E-state index in [4.69, 9.17) is 32.2 Å². The molecule has 0 radical (unpaired) electrons. The molecule has 0 aliphatic carbocycles. The van der Waals surface area contributed by atoms with Gasteiger partial charge in [0, 0.05) is 5.56 Å². The van der Waals surface area contributed by atoms with Crippen LogP contribution in [0.5, 0.6) is 11.5 Å². The van der Waals surface area contributed by atoms with E-state index < -0.39 is 0 Å². The first kappa shape index (κ1) is 16.0. The van der Waals surface area contributed by atoms with Crippen molar-refractivity contribution in [2.45, 2.75) is 45.3 Å². The summed E-state index contributed by atoms with van der Waals surface area (Å²) in [5.74, 6) is 1.37. The lowest BCUT2D eigenvalue weighted by molar-refractivity contribution is -0.0329. The first-order valence-electron chi connectivity index (χ1n) is 7.28. The van der Waals surface area contributed by atoms with Crippen LogP contribution in [0.25, 0.3) is 0 Å². The van der Waals surface area contributed by atoms with Gasteiger partial charge in [0.2, 0.25) is 0 Å². The van der Waals surface area contributed by atoms with Crippen molar-refractivity contribution in [3.05, 3.63) is 23.8 Å². The molecule has 1 atom stereocenters. The maximum atomic E-state index is 5.93. The Kier molecular flexibility index (Phi) is 5.06. The Morgan fingerprint density at radius 3 is 2.71 bits per heavy atom. The average molecular weight is 309 g/mol. The Morgan fingerprint density at radius 2 is 2.14 bits per heavy atom. The van der Waals surface area contributed by atoms with Crippen molar-refractivity contribution in [1.29, 1.82) is 0 Å². The molecule has 0 amide bonds. The summed E-state index contributed by atoms with van der Waals surface area (Å²) in [7, 11) is 0. The third-order valence-corrected chi connectivity index (χ3v) is 3.74. The first-order valence-corrected chi connectivity index (χ1v) is 7.69. The molecule has 21 heavy (non-hydrogen) atoms. The molecule has 1 aliphatic rings. The summed E-state index contributed by atoms with van der Waals surface area (Å²) in [6.07, 6.45) is 2.20. The number of rotatable bonds is 6. The van der Waals surface area contributed by atoms with Crippen LogP contribution in [0.15, 0.2) is 18.2 Å². The van der Waals surface area contributed by atoms with Crippen molar-refractivity contribution < 1.29 is 14.2 Å². The number of ether oxygens (including phenoxy) is 3. The minimum absolute atomic E-state index is 0.0492. The molecular weight excluding hydrogens is 286 g/mol. The van der Waals surface area contributed by atoms with Gasteiger partial charge in [-0.05, 0) is 51.8 Å². The zero-order chi connectivity index (χ0) is 15.5. The topological polar surface area (TPSA) is 53.7 Å². The van der Waals surface area contributed by atoms with Crippen LogP contribution in [0.1, 0.15) is 39.2 Å². The van der Waals surface area contributed by atoms with Crippen molar-refractivity contribution in [1.82, 2.24) is 0 Å². The molecule has 1 aromatic rings. The highest BCUT2D eigenvalue weighted by atomic mass is 32.1. The lowest BCUT2D eigenvalue weighted by Gasteiger charge is -2.20. The molecule has 0 bridgehead atoms. The molecule has 1 heterocycles. The lowest BCUT2D eigenvalue weighted by Crippen LogP contribution is -2.24. The van der Waals surface area contributed by atoms with E-state index in [9.17, 15) is 0 Å². The van der Waals surface area contributed by atoms with E-state index in [1.807, 2.05) is 25.1 Å². The van der Waals surface area contributed by atoms with Crippen molar-refractivity contribution in [2.24, 2.45) is 5.73 Å². The minimum atomic E-state index is -0.0492. The zero-order valence-electron chi connectivity index (χ0n) is 12.8. The number of hydrogen-bond acceptors (Lipinski definition) is 4. The SMILES string of the molecule is CCOc1cc(C(N)=S)ccc1OCC1CCC(C)(C)O1. The Hall–Kier alpha value is -1.33. The number of hydrogen-bond donors (Lipinski definition) is 1. The summed E-state index contributed by atoms with van der Waals surface area (Å²) in [6.45, 7) is 7.23. The van der Waals surface area contributed by atoms with Gasteiger partial charge in [0.15, 0.2) is 11.5 Å². The molecule has 0 saturated carbocycles. The second-order valence-corrected chi connectivity index (χ2v) is 6.25. The fourth-order valence-corrected chi connectivity index (χ4v) is 2.55. The van der Waals surface area contributed by atoms with E-state index in [-0.39, 0.29) is 11.7 Å². The van der Waals surface area contributed by atoms with Crippen LogP contribution in [-0.2, 0) is 4.74 Å². The molecule has 0 aromatic heterocycles. The van der Waals surface area contributed by atoms with Crippen LogP contribution in [0.3, 0.4) is 0 Å². The summed E-state index contributed by atoms with van der Waals surface area (Å²) >= 11 is 4.99. The van der Waals surface area contributed by atoms with E-state index in [1.54, 1.807) is 0 Å². The molecule has 1 fully saturated rings. The van der Waals surface area contributed by atoms with Crippen molar-refractivity contribution in [3.63, 3.8) is 0 Å². The van der Waals surface area contributed by atoms with Crippen LogP contribution >= 0.6 is 12.2 Å². The highest BCUT2D eigenvalue weighted by molar-refractivity contribution is 7.80. The molecule has 0 spiro atoms. The van der Waals surface area contributed by atoms with Gasteiger partial charge in [-0.25, -0.2) is 0 Å². The van der Waals surface area contributed by atoms with Gasteiger partial charge in [-0.3, -0.25) is 0 Å². The van der Waals surface area contributed by atoms with Gasteiger partial charge in [-0.15, -0.1) is 0 Å². The Bertz CT molecular complexity index is 516. The van der Waals surface area contributed by atoms with Gasteiger partial charge in [-0.2, -0.15) is 0 Å². The second-order valence-electron chi connectivity index (χ2n) is 5.81.